The van der Waals surface area contributed by atoms with Crippen molar-refractivity contribution in [3.8, 4) is 0 Å². The Balaban J connectivity index is 1.17. The Morgan fingerprint density at radius 3 is 1.56 bits per heavy atom. The van der Waals surface area contributed by atoms with Crippen LogP contribution in [0.15, 0.2) is 23.8 Å². The molecule has 2 heterocycles. The fourth-order valence-electron chi connectivity index (χ4n) is 4.59. The summed E-state index contributed by atoms with van der Waals surface area (Å²) in [7, 11) is 0. The van der Waals surface area contributed by atoms with E-state index in [4.69, 9.17) is 18.9 Å². The third kappa shape index (κ3) is 13.4. The summed E-state index contributed by atoms with van der Waals surface area (Å²) in [5.41, 5.74) is 0. The number of ether oxygens (including phenoxy) is 4. The lowest BCUT2D eigenvalue weighted by Gasteiger charge is -2.22. The minimum Gasteiger partial charge on any atom is -0.353 e. The first-order valence-corrected chi connectivity index (χ1v) is 14.8. The summed E-state index contributed by atoms with van der Waals surface area (Å²) < 4.78 is 50.6. The summed E-state index contributed by atoms with van der Waals surface area (Å²) in [5.74, 6) is -3.27. The summed E-state index contributed by atoms with van der Waals surface area (Å²) in [6.07, 6.45) is 15.1. The third-order valence-electron chi connectivity index (χ3n) is 7.08. The van der Waals surface area contributed by atoms with Crippen molar-refractivity contribution in [2.45, 2.75) is 121 Å². The SMILES string of the molecule is O=C(N[C@H]1C[C@H]1NC(=O)C(F)=CCCCCCOC1CCCCO1)C(F)=CCCCCCOC1CCCCO1. The van der Waals surface area contributed by atoms with Gasteiger partial charge in [-0.15, -0.1) is 0 Å². The van der Waals surface area contributed by atoms with E-state index in [1.54, 1.807) is 0 Å². The molecule has 8 nitrogen and oxygen atoms in total. The van der Waals surface area contributed by atoms with Gasteiger partial charge in [0, 0.05) is 26.4 Å². The van der Waals surface area contributed by atoms with Crippen molar-refractivity contribution in [3.63, 3.8) is 0 Å². The molecule has 3 aliphatic rings. The van der Waals surface area contributed by atoms with E-state index >= 15 is 0 Å². The van der Waals surface area contributed by atoms with Crippen LogP contribution in [0.5, 0.6) is 0 Å². The second-order valence-corrected chi connectivity index (χ2v) is 10.5. The smallest absolute Gasteiger partial charge is 0.279 e. The van der Waals surface area contributed by atoms with Gasteiger partial charge in [0.1, 0.15) is 0 Å². The van der Waals surface area contributed by atoms with E-state index < -0.39 is 23.5 Å². The Morgan fingerprint density at radius 1 is 0.692 bits per heavy atom. The van der Waals surface area contributed by atoms with Crippen LogP contribution in [0.3, 0.4) is 0 Å². The lowest BCUT2D eigenvalue weighted by atomic mass is 10.2. The van der Waals surface area contributed by atoms with E-state index in [9.17, 15) is 18.4 Å². The highest BCUT2D eigenvalue weighted by Crippen LogP contribution is 2.23. The molecule has 0 spiro atoms. The first-order valence-electron chi connectivity index (χ1n) is 14.8. The zero-order valence-electron chi connectivity index (χ0n) is 23.1. The molecule has 2 amide bonds. The van der Waals surface area contributed by atoms with Crippen LogP contribution in [0.4, 0.5) is 8.78 Å². The number of carbonyl (C=O) groups excluding carboxylic acids is 2. The first kappa shape index (κ1) is 31.6. The number of hydrogen-bond acceptors (Lipinski definition) is 6. The van der Waals surface area contributed by atoms with Gasteiger partial charge in [-0.05, 0) is 95.6 Å². The molecule has 0 aromatic rings. The molecule has 0 bridgehead atoms. The maximum absolute atomic E-state index is 14.1. The Morgan fingerprint density at radius 2 is 1.15 bits per heavy atom. The first-order chi connectivity index (χ1) is 19.0. The zero-order chi connectivity index (χ0) is 27.7. The van der Waals surface area contributed by atoms with Gasteiger partial charge < -0.3 is 29.6 Å². The van der Waals surface area contributed by atoms with Gasteiger partial charge in [0.05, 0.1) is 12.1 Å². The van der Waals surface area contributed by atoms with E-state index in [0.717, 1.165) is 90.3 Å². The van der Waals surface area contributed by atoms with Crippen molar-refractivity contribution in [2.24, 2.45) is 0 Å². The Bertz CT molecular complexity index is 733. The number of rotatable bonds is 18. The maximum atomic E-state index is 14.1. The summed E-state index contributed by atoms with van der Waals surface area (Å²) in [6, 6.07) is -0.776. The number of allylic oxidation sites excluding steroid dienone is 2. The van der Waals surface area contributed by atoms with Crippen LogP contribution in [0.2, 0.25) is 0 Å². The monoisotopic (exact) mass is 556 g/mol. The van der Waals surface area contributed by atoms with Crippen molar-refractivity contribution in [2.75, 3.05) is 26.4 Å². The summed E-state index contributed by atoms with van der Waals surface area (Å²) in [5, 5.41) is 5.09. The molecule has 3 rings (SSSR count). The number of halogens is 2. The maximum Gasteiger partial charge on any atom is 0.279 e. The van der Waals surface area contributed by atoms with E-state index in [1.165, 1.54) is 12.2 Å². The normalized spacial score (nSPS) is 25.8. The predicted octanol–water partition coefficient (Wildman–Crippen LogP) is 5.27. The number of nitrogens with one attached hydrogen (secondary N) is 2. The average Bonchev–Trinajstić information content (AvgIpc) is 3.69. The highest BCUT2D eigenvalue weighted by molar-refractivity contribution is 5.93. The van der Waals surface area contributed by atoms with Crippen LogP contribution < -0.4 is 10.6 Å². The van der Waals surface area contributed by atoms with Gasteiger partial charge >= 0.3 is 0 Å². The second-order valence-electron chi connectivity index (χ2n) is 10.5. The largest absolute Gasteiger partial charge is 0.353 e. The lowest BCUT2D eigenvalue weighted by Crippen LogP contribution is -2.35. The van der Waals surface area contributed by atoms with E-state index in [2.05, 4.69) is 10.6 Å². The van der Waals surface area contributed by atoms with Crippen molar-refractivity contribution in [1.29, 1.82) is 0 Å². The highest BCUT2D eigenvalue weighted by atomic mass is 19.1. The predicted molar refractivity (Wildman–Crippen MR) is 143 cm³/mol. The molecule has 39 heavy (non-hydrogen) atoms. The molecule has 2 aliphatic heterocycles. The molecular weight excluding hydrogens is 510 g/mol. The Labute approximate surface area is 231 Å². The zero-order valence-corrected chi connectivity index (χ0v) is 23.1. The minimum atomic E-state index is -0.832. The van der Waals surface area contributed by atoms with Gasteiger partial charge in [0.15, 0.2) is 24.2 Å². The van der Waals surface area contributed by atoms with Gasteiger partial charge in [-0.3, -0.25) is 9.59 Å². The molecule has 1 saturated carbocycles. The molecule has 2 N–H and O–H groups in total. The van der Waals surface area contributed by atoms with Crippen molar-refractivity contribution in [1.82, 2.24) is 10.6 Å². The van der Waals surface area contributed by atoms with Crippen LogP contribution in [0.1, 0.15) is 96.3 Å². The number of amides is 2. The molecule has 222 valence electrons. The van der Waals surface area contributed by atoms with E-state index in [-0.39, 0.29) is 24.7 Å². The van der Waals surface area contributed by atoms with Gasteiger partial charge in [-0.1, -0.05) is 12.8 Å². The second kappa shape index (κ2) is 18.5. The van der Waals surface area contributed by atoms with Gasteiger partial charge in [-0.2, -0.15) is 0 Å². The van der Waals surface area contributed by atoms with E-state index in [0.29, 0.717) is 32.5 Å². The molecule has 0 aromatic carbocycles. The topological polar surface area (TPSA) is 95.1 Å². The van der Waals surface area contributed by atoms with Crippen molar-refractivity contribution < 1.29 is 37.3 Å². The van der Waals surface area contributed by atoms with Crippen LogP contribution in [0.25, 0.3) is 0 Å². The molecule has 2 unspecified atom stereocenters. The third-order valence-corrected chi connectivity index (χ3v) is 7.08. The fraction of sp³-hybridized carbons (Fsp3) is 0.793. The molecule has 2 saturated heterocycles. The highest BCUT2D eigenvalue weighted by Gasteiger charge is 2.40. The van der Waals surface area contributed by atoms with Crippen LogP contribution in [0, 0.1) is 0 Å². The molecule has 4 atom stereocenters. The number of unbranched alkanes of at least 4 members (excludes halogenated alkanes) is 6. The molecule has 3 fully saturated rings. The summed E-state index contributed by atoms with van der Waals surface area (Å²) in [6.45, 7) is 2.75. The minimum absolute atomic E-state index is 0.0917. The molecule has 1 aliphatic carbocycles. The van der Waals surface area contributed by atoms with Crippen LogP contribution in [-0.4, -0.2) is 62.9 Å². The van der Waals surface area contributed by atoms with Crippen molar-refractivity contribution >= 4 is 11.8 Å². The number of hydrogen-bond donors (Lipinski definition) is 2. The van der Waals surface area contributed by atoms with Crippen LogP contribution in [-0.2, 0) is 28.5 Å². The molecule has 0 aromatic heterocycles. The van der Waals surface area contributed by atoms with Gasteiger partial charge in [-0.25, -0.2) is 8.78 Å². The van der Waals surface area contributed by atoms with E-state index in [1.807, 2.05) is 0 Å². The lowest BCUT2D eigenvalue weighted by molar-refractivity contribution is -0.163. The van der Waals surface area contributed by atoms with Gasteiger partial charge in [0.2, 0.25) is 0 Å². The molecule has 0 radical (unpaired) electrons. The Kier molecular flexibility index (Phi) is 15.0. The quantitative estimate of drug-likeness (QED) is 0.176. The van der Waals surface area contributed by atoms with Gasteiger partial charge in [0.25, 0.3) is 11.8 Å². The average molecular weight is 557 g/mol. The standard InChI is InChI=1S/C29H46F2N2O6/c30-22(13-5-1-3-9-17-36-26-15-7-11-19-38-26)28(34)32-24-21-25(24)33-29(35)23(31)14-6-2-4-10-18-37-27-16-8-12-20-39-27/h13-14,24-27H,1-12,15-21H2,(H,32,34)(H,33,35)/t24-,25+,26?,27?. The summed E-state index contributed by atoms with van der Waals surface area (Å²) in [4.78, 5) is 24.1. The summed E-state index contributed by atoms with van der Waals surface area (Å²) >= 11 is 0. The van der Waals surface area contributed by atoms with Crippen LogP contribution >= 0.6 is 0 Å². The fourth-order valence-corrected chi connectivity index (χ4v) is 4.59. The number of carbonyl (C=O) groups is 2. The van der Waals surface area contributed by atoms with Crippen molar-refractivity contribution in [3.05, 3.63) is 23.8 Å². The molecular formula is C29H46F2N2O6. The Hall–Kier alpha value is -1.88. The molecule has 10 heteroatoms.